The van der Waals surface area contributed by atoms with E-state index in [4.69, 9.17) is 4.74 Å². The molecule has 4 rings (SSSR count). The first-order valence-electron chi connectivity index (χ1n) is 10.9. The Morgan fingerprint density at radius 2 is 1.73 bits per heavy atom. The van der Waals surface area contributed by atoms with E-state index in [1.807, 2.05) is 36.5 Å². The third-order valence-corrected chi connectivity index (χ3v) is 5.92. The summed E-state index contributed by atoms with van der Waals surface area (Å²) in [4.78, 5) is 12.8. The van der Waals surface area contributed by atoms with Gasteiger partial charge in [-0.2, -0.15) is 5.10 Å². The molecule has 0 spiro atoms. The van der Waals surface area contributed by atoms with Gasteiger partial charge >= 0.3 is 0 Å². The Hall–Kier alpha value is -3.38. The second-order valence-electron chi connectivity index (χ2n) is 7.95. The fraction of sp³-hybridized carbons (Fsp3) is 0.185. The highest BCUT2D eigenvalue weighted by Crippen LogP contribution is 2.22. The standard InChI is InChI=1S/C27H26BrN3O2/c1-3-20-11-13-24(14-12-20)33-18-22-5-4-6-23(15-22)27(32)29-26-25(28)17-31(30-26)16-21-9-7-19(2)8-10-21/h4-15,17H,3,16,18H2,1-2H3,(H,29,30,32). The van der Waals surface area contributed by atoms with Gasteiger partial charge in [-0.1, -0.05) is 61.0 Å². The van der Waals surface area contributed by atoms with Gasteiger partial charge in [-0.15, -0.1) is 0 Å². The van der Waals surface area contributed by atoms with Crippen molar-refractivity contribution in [1.82, 2.24) is 9.78 Å². The van der Waals surface area contributed by atoms with Crippen LogP contribution in [0.3, 0.4) is 0 Å². The minimum Gasteiger partial charge on any atom is -0.489 e. The zero-order valence-electron chi connectivity index (χ0n) is 18.7. The third-order valence-electron chi connectivity index (χ3n) is 5.34. The molecule has 1 heterocycles. The van der Waals surface area contributed by atoms with Gasteiger partial charge in [-0.25, -0.2) is 0 Å². The molecule has 0 bridgehead atoms. The van der Waals surface area contributed by atoms with Crippen LogP contribution in [-0.4, -0.2) is 15.7 Å². The molecule has 4 aromatic rings. The summed E-state index contributed by atoms with van der Waals surface area (Å²) in [7, 11) is 0. The van der Waals surface area contributed by atoms with E-state index in [1.54, 1.807) is 10.7 Å². The molecule has 5 nitrogen and oxygen atoms in total. The molecule has 1 amide bonds. The van der Waals surface area contributed by atoms with Gasteiger partial charge in [0.25, 0.3) is 5.91 Å². The van der Waals surface area contributed by atoms with Crippen LogP contribution in [0.2, 0.25) is 0 Å². The van der Waals surface area contributed by atoms with Crippen molar-refractivity contribution in [3.05, 3.63) is 111 Å². The molecule has 0 radical (unpaired) electrons. The lowest BCUT2D eigenvalue weighted by molar-refractivity contribution is 0.102. The van der Waals surface area contributed by atoms with Gasteiger partial charge in [0, 0.05) is 11.8 Å². The van der Waals surface area contributed by atoms with Crippen LogP contribution in [0, 0.1) is 6.92 Å². The number of anilines is 1. The number of aromatic nitrogens is 2. The van der Waals surface area contributed by atoms with Gasteiger partial charge in [-0.3, -0.25) is 9.48 Å². The Labute approximate surface area is 202 Å². The lowest BCUT2D eigenvalue weighted by atomic mass is 10.1. The van der Waals surface area contributed by atoms with Crippen LogP contribution in [0.25, 0.3) is 0 Å². The molecular weight excluding hydrogens is 478 g/mol. The quantitative estimate of drug-likeness (QED) is 0.302. The van der Waals surface area contributed by atoms with Crippen molar-refractivity contribution in [1.29, 1.82) is 0 Å². The molecule has 1 aromatic heterocycles. The number of nitrogens with one attached hydrogen (secondary N) is 1. The lowest BCUT2D eigenvalue weighted by Crippen LogP contribution is -2.13. The minimum absolute atomic E-state index is 0.217. The lowest BCUT2D eigenvalue weighted by Gasteiger charge is -2.09. The monoisotopic (exact) mass is 503 g/mol. The van der Waals surface area contributed by atoms with E-state index in [9.17, 15) is 4.79 Å². The fourth-order valence-electron chi connectivity index (χ4n) is 3.41. The second kappa shape index (κ2) is 10.5. The van der Waals surface area contributed by atoms with Crippen molar-refractivity contribution in [2.24, 2.45) is 0 Å². The van der Waals surface area contributed by atoms with Crippen LogP contribution >= 0.6 is 15.9 Å². The van der Waals surface area contributed by atoms with Crippen LogP contribution in [0.1, 0.15) is 39.5 Å². The van der Waals surface area contributed by atoms with Crippen molar-refractivity contribution >= 4 is 27.7 Å². The number of nitrogens with zero attached hydrogens (tertiary/aromatic N) is 2. The van der Waals surface area contributed by atoms with Gasteiger partial charge < -0.3 is 10.1 Å². The van der Waals surface area contributed by atoms with Crippen molar-refractivity contribution in [3.63, 3.8) is 0 Å². The molecule has 0 aliphatic heterocycles. The van der Waals surface area contributed by atoms with Gasteiger partial charge in [-0.05, 0) is 70.2 Å². The Balaban J connectivity index is 1.39. The van der Waals surface area contributed by atoms with Crippen LogP contribution in [0.4, 0.5) is 5.82 Å². The first-order chi connectivity index (χ1) is 16.0. The van der Waals surface area contributed by atoms with Crippen LogP contribution in [0.15, 0.2) is 83.5 Å². The molecule has 6 heteroatoms. The van der Waals surface area contributed by atoms with Crippen LogP contribution < -0.4 is 10.1 Å². The number of hydrogen-bond donors (Lipinski definition) is 1. The zero-order chi connectivity index (χ0) is 23.2. The van der Waals surface area contributed by atoms with E-state index in [0.717, 1.165) is 27.8 Å². The van der Waals surface area contributed by atoms with Gasteiger partial charge in [0.2, 0.25) is 0 Å². The second-order valence-corrected chi connectivity index (χ2v) is 8.80. The summed E-state index contributed by atoms with van der Waals surface area (Å²) in [6, 6.07) is 23.8. The highest BCUT2D eigenvalue weighted by Gasteiger charge is 2.13. The van der Waals surface area contributed by atoms with E-state index in [2.05, 4.69) is 76.6 Å². The predicted octanol–water partition coefficient (Wildman–Crippen LogP) is 6.40. The van der Waals surface area contributed by atoms with Crippen molar-refractivity contribution in [2.75, 3.05) is 5.32 Å². The molecule has 0 saturated heterocycles. The average Bonchev–Trinajstić information content (AvgIpc) is 3.18. The van der Waals surface area contributed by atoms with Gasteiger partial charge in [0.05, 0.1) is 11.0 Å². The number of benzene rings is 3. The minimum atomic E-state index is -0.217. The maximum Gasteiger partial charge on any atom is 0.256 e. The number of ether oxygens (including phenoxy) is 1. The summed E-state index contributed by atoms with van der Waals surface area (Å²) in [5.41, 5.74) is 5.11. The van der Waals surface area contributed by atoms with Crippen molar-refractivity contribution < 1.29 is 9.53 Å². The maximum atomic E-state index is 12.8. The molecule has 0 saturated carbocycles. The van der Waals surface area contributed by atoms with E-state index in [0.29, 0.717) is 24.5 Å². The molecule has 0 aliphatic carbocycles. The van der Waals surface area contributed by atoms with E-state index < -0.39 is 0 Å². The highest BCUT2D eigenvalue weighted by molar-refractivity contribution is 9.10. The zero-order valence-corrected chi connectivity index (χ0v) is 20.3. The molecule has 0 fully saturated rings. The van der Waals surface area contributed by atoms with Crippen molar-refractivity contribution in [3.8, 4) is 5.75 Å². The van der Waals surface area contributed by atoms with Crippen LogP contribution in [-0.2, 0) is 19.6 Å². The van der Waals surface area contributed by atoms with Gasteiger partial charge in [0.15, 0.2) is 5.82 Å². The number of carbonyl (C=O) groups is 1. The fourth-order valence-corrected chi connectivity index (χ4v) is 3.83. The first kappa shape index (κ1) is 22.8. The van der Waals surface area contributed by atoms with E-state index >= 15 is 0 Å². The maximum absolute atomic E-state index is 12.8. The highest BCUT2D eigenvalue weighted by atomic mass is 79.9. The number of hydrogen-bond acceptors (Lipinski definition) is 3. The van der Waals surface area contributed by atoms with E-state index in [1.165, 1.54) is 11.1 Å². The SMILES string of the molecule is CCc1ccc(OCc2cccc(C(=O)Nc3nn(Cc4ccc(C)cc4)cc3Br)c2)cc1. The first-order valence-corrected chi connectivity index (χ1v) is 11.7. The molecule has 3 aromatic carbocycles. The van der Waals surface area contributed by atoms with Crippen molar-refractivity contribution in [2.45, 2.75) is 33.4 Å². The van der Waals surface area contributed by atoms with E-state index in [-0.39, 0.29) is 5.91 Å². The Morgan fingerprint density at radius 3 is 2.45 bits per heavy atom. The summed E-state index contributed by atoms with van der Waals surface area (Å²) < 4.78 is 8.41. The number of rotatable bonds is 8. The number of amides is 1. The molecular formula is C27H26BrN3O2. The Bertz CT molecular complexity index is 1230. The Morgan fingerprint density at radius 1 is 1.00 bits per heavy atom. The normalized spacial score (nSPS) is 10.8. The number of carbonyl (C=O) groups excluding carboxylic acids is 1. The number of aryl methyl sites for hydroxylation is 2. The summed E-state index contributed by atoms with van der Waals surface area (Å²) in [6.07, 6.45) is 2.86. The number of halogens is 1. The summed E-state index contributed by atoms with van der Waals surface area (Å²) in [5, 5.41) is 7.42. The molecule has 0 atom stereocenters. The largest absolute Gasteiger partial charge is 0.489 e. The third kappa shape index (κ3) is 6.11. The smallest absolute Gasteiger partial charge is 0.256 e. The molecule has 168 valence electrons. The molecule has 33 heavy (non-hydrogen) atoms. The Kier molecular flexibility index (Phi) is 7.25. The molecule has 1 N–H and O–H groups in total. The molecule has 0 aliphatic rings. The summed E-state index contributed by atoms with van der Waals surface area (Å²) in [5.74, 6) is 1.08. The van der Waals surface area contributed by atoms with Gasteiger partial charge in [0.1, 0.15) is 12.4 Å². The topological polar surface area (TPSA) is 56.1 Å². The average molecular weight is 504 g/mol. The van der Waals surface area contributed by atoms with Crippen LogP contribution in [0.5, 0.6) is 5.75 Å². The summed E-state index contributed by atoms with van der Waals surface area (Å²) >= 11 is 3.50. The summed E-state index contributed by atoms with van der Waals surface area (Å²) in [6.45, 7) is 5.20. The predicted molar refractivity (Wildman–Crippen MR) is 135 cm³/mol. The molecule has 0 unspecified atom stereocenters.